The van der Waals surface area contributed by atoms with Gasteiger partial charge in [-0.1, -0.05) is 66.7 Å². The summed E-state index contributed by atoms with van der Waals surface area (Å²) in [4.78, 5) is 14.4. The number of anilines is 2. The average Bonchev–Trinajstić information content (AvgIpc) is 3.71. The molecule has 0 spiro atoms. The van der Waals surface area contributed by atoms with Crippen molar-refractivity contribution in [2.24, 2.45) is 0 Å². The lowest BCUT2D eigenvalue weighted by Gasteiger charge is -2.20. The number of fused-ring (bicyclic) bond motifs is 1. The molecule has 0 atom stereocenters. The molecule has 6 rings (SSSR count). The second-order valence-electron chi connectivity index (χ2n) is 10.4. The standard InChI is InChI=1S/C36H34N4O6/c1-42-23-45-30-17-32(34(33(18-30)46-24-43-2)36(41)39-21-27-11-7-8-12-28(27)22-39)38-35-31(26-9-5-4-6-10-26)19-37-40(35)20-25-13-15-29(44-3)16-14-25/h4-19,21-22,38H,20,23-24H2,1-3H3. The number of nitrogens with one attached hydrogen (secondary N) is 1. The SMILES string of the molecule is COCOc1cc(Nc2c(-c3ccccc3)cnn2Cc2ccc(OC)cc2)c(C(=O)n2cc3ccccc3c2)c(OCOC)c1. The van der Waals surface area contributed by atoms with Gasteiger partial charge in [0.25, 0.3) is 5.91 Å². The van der Waals surface area contributed by atoms with E-state index in [9.17, 15) is 4.79 Å². The van der Waals surface area contributed by atoms with Crippen molar-refractivity contribution in [3.63, 3.8) is 0 Å². The number of aromatic nitrogens is 3. The molecule has 0 aliphatic carbocycles. The van der Waals surface area contributed by atoms with Crippen LogP contribution in [0.15, 0.2) is 110 Å². The van der Waals surface area contributed by atoms with Gasteiger partial charge in [0.15, 0.2) is 13.6 Å². The predicted octanol–water partition coefficient (Wildman–Crippen LogP) is 6.96. The van der Waals surface area contributed by atoms with Crippen LogP contribution in [-0.4, -0.2) is 55.2 Å². The number of methoxy groups -OCH3 is 3. The van der Waals surface area contributed by atoms with Crippen molar-refractivity contribution in [3.05, 3.63) is 121 Å². The third-order valence-corrected chi connectivity index (χ3v) is 7.42. The third kappa shape index (κ3) is 6.58. The molecule has 1 N–H and O–H groups in total. The van der Waals surface area contributed by atoms with Gasteiger partial charge < -0.3 is 29.0 Å². The molecule has 4 aromatic carbocycles. The summed E-state index contributed by atoms with van der Waals surface area (Å²) in [6.45, 7) is 0.383. The molecule has 0 radical (unpaired) electrons. The molecule has 0 amide bonds. The van der Waals surface area contributed by atoms with Crippen LogP contribution in [0.3, 0.4) is 0 Å². The van der Waals surface area contributed by atoms with Crippen LogP contribution >= 0.6 is 0 Å². The van der Waals surface area contributed by atoms with E-state index < -0.39 is 0 Å². The van der Waals surface area contributed by atoms with Crippen LogP contribution in [0.4, 0.5) is 11.5 Å². The molecular formula is C36H34N4O6. The zero-order chi connectivity index (χ0) is 31.9. The molecule has 0 saturated carbocycles. The van der Waals surface area contributed by atoms with Gasteiger partial charge in [0.2, 0.25) is 0 Å². The summed E-state index contributed by atoms with van der Waals surface area (Å²) < 4.78 is 31.0. The van der Waals surface area contributed by atoms with Crippen molar-refractivity contribution in [2.45, 2.75) is 6.54 Å². The Kier molecular flexibility index (Phi) is 9.28. The molecule has 234 valence electrons. The lowest BCUT2D eigenvalue weighted by Crippen LogP contribution is -2.16. The molecule has 46 heavy (non-hydrogen) atoms. The van der Waals surface area contributed by atoms with Crippen LogP contribution in [0.1, 0.15) is 15.9 Å². The van der Waals surface area contributed by atoms with Crippen molar-refractivity contribution < 1.29 is 28.5 Å². The summed E-state index contributed by atoms with van der Waals surface area (Å²) in [5.74, 6) is 1.86. The van der Waals surface area contributed by atoms with Crippen LogP contribution in [0, 0.1) is 0 Å². The highest BCUT2D eigenvalue weighted by atomic mass is 16.7. The Morgan fingerprint density at radius 2 is 1.46 bits per heavy atom. The second-order valence-corrected chi connectivity index (χ2v) is 10.4. The summed E-state index contributed by atoms with van der Waals surface area (Å²) in [6, 6.07) is 29.0. The van der Waals surface area contributed by atoms with Gasteiger partial charge in [-0.2, -0.15) is 5.10 Å². The van der Waals surface area contributed by atoms with Crippen molar-refractivity contribution in [2.75, 3.05) is 40.2 Å². The van der Waals surface area contributed by atoms with Crippen molar-refractivity contribution >= 4 is 28.2 Å². The maximum absolute atomic E-state index is 14.4. The van der Waals surface area contributed by atoms with E-state index in [-0.39, 0.29) is 25.2 Å². The molecule has 10 nitrogen and oxygen atoms in total. The fourth-order valence-electron chi connectivity index (χ4n) is 5.18. The van der Waals surface area contributed by atoms with Gasteiger partial charge in [0.1, 0.15) is 28.6 Å². The number of carbonyl (C=O) groups excluding carboxylic acids is 1. The molecule has 0 bridgehead atoms. The minimum Gasteiger partial charge on any atom is -0.497 e. The molecule has 0 aliphatic rings. The van der Waals surface area contributed by atoms with Crippen molar-refractivity contribution in [1.82, 2.24) is 14.3 Å². The van der Waals surface area contributed by atoms with Gasteiger partial charge in [-0.25, -0.2) is 4.68 Å². The molecule has 0 saturated heterocycles. The molecule has 0 aliphatic heterocycles. The summed E-state index contributed by atoms with van der Waals surface area (Å²) >= 11 is 0. The number of carbonyl (C=O) groups is 1. The predicted molar refractivity (Wildman–Crippen MR) is 176 cm³/mol. The number of nitrogens with zero attached hydrogens (tertiary/aromatic N) is 3. The second kappa shape index (κ2) is 14.0. The van der Waals surface area contributed by atoms with E-state index in [0.29, 0.717) is 29.4 Å². The molecule has 10 heteroatoms. The Labute approximate surface area is 266 Å². The van der Waals surface area contributed by atoms with E-state index in [1.54, 1.807) is 43.3 Å². The van der Waals surface area contributed by atoms with E-state index in [2.05, 4.69) is 5.32 Å². The summed E-state index contributed by atoms with van der Waals surface area (Å²) in [7, 11) is 4.70. The van der Waals surface area contributed by atoms with E-state index in [1.807, 2.05) is 89.7 Å². The van der Waals surface area contributed by atoms with Crippen molar-refractivity contribution in [1.29, 1.82) is 0 Å². The minimum absolute atomic E-state index is 0.00408. The van der Waals surface area contributed by atoms with Gasteiger partial charge >= 0.3 is 0 Å². The van der Waals surface area contributed by atoms with Gasteiger partial charge in [-0.3, -0.25) is 9.36 Å². The minimum atomic E-state index is -0.300. The highest BCUT2D eigenvalue weighted by molar-refractivity contribution is 6.06. The zero-order valence-electron chi connectivity index (χ0n) is 25.8. The van der Waals surface area contributed by atoms with E-state index in [1.165, 1.54) is 7.11 Å². The summed E-state index contributed by atoms with van der Waals surface area (Å²) in [6.07, 6.45) is 5.43. The van der Waals surface area contributed by atoms with Gasteiger partial charge in [0, 0.05) is 44.3 Å². The number of benzene rings is 4. The van der Waals surface area contributed by atoms with Crippen LogP contribution in [0.2, 0.25) is 0 Å². The van der Waals surface area contributed by atoms with Crippen LogP contribution in [0.25, 0.3) is 21.9 Å². The monoisotopic (exact) mass is 618 g/mol. The quantitative estimate of drug-likeness (QED) is 0.139. The number of hydrogen-bond acceptors (Lipinski definition) is 8. The lowest BCUT2D eigenvalue weighted by atomic mass is 10.1. The number of hydrogen-bond donors (Lipinski definition) is 1. The zero-order valence-corrected chi connectivity index (χ0v) is 25.8. The van der Waals surface area contributed by atoms with E-state index in [0.717, 1.165) is 33.2 Å². The van der Waals surface area contributed by atoms with Crippen LogP contribution < -0.4 is 19.5 Å². The summed E-state index contributed by atoms with van der Waals surface area (Å²) in [5, 5.41) is 10.2. The Hall–Kier alpha value is -5.58. The number of rotatable bonds is 13. The first kappa shape index (κ1) is 30.4. The van der Waals surface area contributed by atoms with Crippen LogP contribution in [0.5, 0.6) is 17.2 Å². The smallest absolute Gasteiger partial charge is 0.267 e. The Morgan fingerprint density at radius 3 is 2.13 bits per heavy atom. The van der Waals surface area contributed by atoms with Crippen LogP contribution in [-0.2, 0) is 16.0 Å². The third-order valence-electron chi connectivity index (χ3n) is 7.42. The summed E-state index contributed by atoms with van der Waals surface area (Å²) in [5.41, 5.74) is 3.57. The first-order chi connectivity index (χ1) is 22.6. The van der Waals surface area contributed by atoms with Gasteiger partial charge in [-0.15, -0.1) is 0 Å². The van der Waals surface area contributed by atoms with E-state index in [4.69, 9.17) is 28.8 Å². The molecule has 0 unspecified atom stereocenters. The fourth-order valence-corrected chi connectivity index (χ4v) is 5.18. The topological polar surface area (TPSA) is 98.0 Å². The first-order valence-electron chi connectivity index (χ1n) is 14.6. The largest absolute Gasteiger partial charge is 0.497 e. The molecular weight excluding hydrogens is 584 g/mol. The Balaban J connectivity index is 1.50. The molecule has 2 heterocycles. The Morgan fingerprint density at radius 1 is 0.783 bits per heavy atom. The number of ether oxygens (including phenoxy) is 5. The van der Waals surface area contributed by atoms with Gasteiger partial charge in [-0.05, 0) is 34.0 Å². The molecule has 0 fully saturated rings. The lowest BCUT2D eigenvalue weighted by molar-refractivity contribution is 0.0456. The Bertz CT molecular complexity index is 1900. The fraction of sp³-hybridized carbons (Fsp3) is 0.167. The van der Waals surface area contributed by atoms with Gasteiger partial charge in [0.05, 0.1) is 25.5 Å². The normalized spacial score (nSPS) is 11.0. The van der Waals surface area contributed by atoms with E-state index >= 15 is 0 Å². The highest BCUT2D eigenvalue weighted by Gasteiger charge is 2.25. The first-order valence-corrected chi connectivity index (χ1v) is 14.6. The maximum Gasteiger partial charge on any atom is 0.267 e. The average molecular weight is 619 g/mol. The maximum atomic E-state index is 14.4. The molecule has 6 aromatic rings. The molecule has 2 aromatic heterocycles. The highest BCUT2D eigenvalue weighted by Crippen LogP contribution is 2.38. The van der Waals surface area contributed by atoms with Crippen molar-refractivity contribution in [3.8, 4) is 28.4 Å².